The predicted molar refractivity (Wildman–Crippen MR) is 64.4 cm³/mol. The number of piperidine rings is 1. The lowest BCUT2D eigenvalue weighted by molar-refractivity contribution is -0.158. The molecule has 104 valence electrons. The first kappa shape index (κ1) is 14.8. The Balaban J connectivity index is 3.17. The van der Waals surface area contributed by atoms with Crippen molar-refractivity contribution in [2.24, 2.45) is 5.41 Å². The van der Waals surface area contributed by atoms with Gasteiger partial charge in [-0.2, -0.15) is 0 Å². The summed E-state index contributed by atoms with van der Waals surface area (Å²) in [7, 11) is 0. The summed E-state index contributed by atoms with van der Waals surface area (Å²) in [6.07, 6.45) is -1.59. The number of hydrogen-bond acceptors (Lipinski definition) is 3. The van der Waals surface area contributed by atoms with Gasteiger partial charge < -0.3 is 15.3 Å². The van der Waals surface area contributed by atoms with E-state index in [0.29, 0.717) is 0 Å². The van der Waals surface area contributed by atoms with E-state index in [2.05, 4.69) is 0 Å². The van der Waals surface area contributed by atoms with Gasteiger partial charge >= 0.3 is 12.1 Å². The number of aliphatic hydroxyl groups excluding tert-OH is 1. The summed E-state index contributed by atoms with van der Waals surface area (Å²) in [6.45, 7) is 5.63. The normalized spacial score (nSPS) is 29.1. The molecule has 0 radical (unpaired) electrons. The van der Waals surface area contributed by atoms with E-state index in [1.54, 1.807) is 0 Å². The third kappa shape index (κ3) is 2.93. The van der Waals surface area contributed by atoms with Crippen LogP contribution in [0.2, 0.25) is 0 Å². The van der Waals surface area contributed by atoms with Crippen molar-refractivity contribution in [3.8, 4) is 0 Å². The minimum Gasteiger partial charge on any atom is -0.479 e. The lowest BCUT2D eigenvalue weighted by Crippen LogP contribution is -2.63. The van der Waals surface area contributed by atoms with Gasteiger partial charge in [0.25, 0.3) is 0 Å². The number of amides is 1. The number of aliphatic hydroxyl groups is 1. The molecular weight excluding hydrogens is 238 g/mol. The highest BCUT2D eigenvalue weighted by molar-refractivity contribution is 5.84. The SMILES string of the molecule is CC(C)(C)C[C@]1(C(=O)O)C[C@@H](O)CCN1C(=O)O. The van der Waals surface area contributed by atoms with Crippen molar-refractivity contribution in [3.05, 3.63) is 0 Å². The Morgan fingerprint density at radius 3 is 2.28 bits per heavy atom. The van der Waals surface area contributed by atoms with Gasteiger partial charge in [0.2, 0.25) is 0 Å². The molecule has 1 saturated heterocycles. The number of nitrogens with zero attached hydrogens (tertiary/aromatic N) is 1. The summed E-state index contributed by atoms with van der Waals surface area (Å²) in [5.74, 6) is -1.18. The van der Waals surface area contributed by atoms with Crippen LogP contribution in [-0.2, 0) is 4.79 Å². The zero-order chi connectivity index (χ0) is 14.1. The molecule has 18 heavy (non-hydrogen) atoms. The molecule has 2 atom stereocenters. The maximum Gasteiger partial charge on any atom is 0.408 e. The zero-order valence-electron chi connectivity index (χ0n) is 11.0. The van der Waals surface area contributed by atoms with Crippen molar-refractivity contribution in [2.45, 2.75) is 51.7 Å². The minimum atomic E-state index is -1.53. The van der Waals surface area contributed by atoms with Gasteiger partial charge in [-0.05, 0) is 18.3 Å². The maximum absolute atomic E-state index is 11.6. The minimum absolute atomic E-state index is 0.0497. The molecule has 0 aromatic heterocycles. The standard InChI is InChI=1S/C12H21NO5/c1-11(2,3)7-12(9(15)16)6-8(14)4-5-13(12)10(17)18/h8,14H,4-7H2,1-3H3,(H,15,16)(H,17,18)/t8-,12-/m0/s1. The van der Waals surface area contributed by atoms with Crippen LogP contribution >= 0.6 is 0 Å². The molecule has 0 spiro atoms. The van der Waals surface area contributed by atoms with E-state index in [0.717, 1.165) is 4.90 Å². The number of hydrogen-bond donors (Lipinski definition) is 3. The van der Waals surface area contributed by atoms with Gasteiger partial charge in [-0.3, -0.25) is 4.90 Å². The van der Waals surface area contributed by atoms with Crippen LogP contribution in [0, 0.1) is 5.41 Å². The largest absolute Gasteiger partial charge is 0.479 e. The molecule has 1 amide bonds. The molecule has 0 saturated carbocycles. The van der Waals surface area contributed by atoms with Crippen LogP contribution in [0.4, 0.5) is 4.79 Å². The first-order chi connectivity index (χ1) is 8.08. The molecule has 1 fully saturated rings. The highest BCUT2D eigenvalue weighted by Crippen LogP contribution is 2.38. The fraction of sp³-hybridized carbons (Fsp3) is 0.833. The fourth-order valence-corrected chi connectivity index (χ4v) is 2.70. The monoisotopic (exact) mass is 259 g/mol. The van der Waals surface area contributed by atoms with Crippen LogP contribution in [-0.4, -0.2) is 50.5 Å². The summed E-state index contributed by atoms with van der Waals surface area (Å²) < 4.78 is 0. The summed E-state index contributed by atoms with van der Waals surface area (Å²) >= 11 is 0. The second-order valence-corrected chi connectivity index (χ2v) is 6.16. The topological polar surface area (TPSA) is 98.1 Å². The molecule has 0 aromatic rings. The Kier molecular flexibility index (Phi) is 3.90. The Morgan fingerprint density at radius 2 is 1.89 bits per heavy atom. The van der Waals surface area contributed by atoms with E-state index in [1.165, 1.54) is 0 Å². The van der Waals surface area contributed by atoms with Gasteiger partial charge in [-0.1, -0.05) is 20.8 Å². The summed E-state index contributed by atoms with van der Waals surface area (Å²) in [5, 5.41) is 28.4. The molecule has 1 heterocycles. The first-order valence-corrected chi connectivity index (χ1v) is 6.00. The summed E-state index contributed by atoms with van der Waals surface area (Å²) in [6, 6.07) is 0. The second-order valence-electron chi connectivity index (χ2n) is 6.16. The van der Waals surface area contributed by atoms with E-state index >= 15 is 0 Å². The predicted octanol–water partition coefficient (Wildman–Crippen LogP) is 1.38. The highest BCUT2D eigenvalue weighted by Gasteiger charge is 2.52. The number of aliphatic carboxylic acids is 1. The third-order valence-corrected chi connectivity index (χ3v) is 3.23. The number of carboxylic acids is 1. The smallest absolute Gasteiger partial charge is 0.408 e. The van der Waals surface area contributed by atoms with Gasteiger partial charge in [-0.15, -0.1) is 0 Å². The van der Waals surface area contributed by atoms with Crippen LogP contribution in [0.15, 0.2) is 0 Å². The van der Waals surface area contributed by atoms with Gasteiger partial charge in [-0.25, -0.2) is 9.59 Å². The van der Waals surface area contributed by atoms with Gasteiger partial charge in [0.05, 0.1) is 6.10 Å². The Morgan fingerprint density at radius 1 is 1.33 bits per heavy atom. The Labute approximate surface area is 106 Å². The van der Waals surface area contributed by atoms with Crippen molar-refractivity contribution < 1.29 is 24.9 Å². The average Bonchev–Trinajstić information content (AvgIpc) is 2.13. The third-order valence-electron chi connectivity index (χ3n) is 3.23. The lowest BCUT2D eigenvalue weighted by Gasteiger charge is -2.46. The highest BCUT2D eigenvalue weighted by atomic mass is 16.4. The van der Waals surface area contributed by atoms with E-state index in [-0.39, 0.29) is 31.2 Å². The molecule has 0 bridgehead atoms. The number of likely N-dealkylation sites (tertiary alicyclic amines) is 1. The van der Waals surface area contributed by atoms with E-state index in [9.17, 15) is 24.9 Å². The molecular formula is C12H21NO5. The lowest BCUT2D eigenvalue weighted by atomic mass is 9.73. The molecule has 0 aliphatic carbocycles. The Bertz CT molecular complexity index is 349. The molecule has 1 rings (SSSR count). The number of carbonyl (C=O) groups is 2. The molecule has 0 aromatic carbocycles. The van der Waals surface area contributed by atoms with E-state index < -0.39 is 23.7 Å². The quantitative estimate of drug-likeness (QED) is 0.696. The van der Waals surface area contributed by atoms with Gasteiger partial charge in [0.15, 0.2) is 0 Å². The maximum atomic E-state index is 11.6. The summed E-state index contributed by atoms with van der Waals surface area (Å²) in [4.78, 5) is 23.8. The van der Waals surface area contributed by atoms with Crippen LogP contribution in [0.5, 0.6) is 0 Å². The Hall–Kier alpha value is -1.30. The van der Waals surface area contributed by atoms with E-state index in [1.807, 2.05) is 20.8 Å². The second kappa shape index (κ2) is 4.76. The first-order valence-electron chi connectivity index (χ1n) is 6.00. The number of carboxylic acid groups (broad SMARTS) is 2. The van der Waals surface area contributed by atoms with Crippen LogP contribution in [0.25, 0.3) is 0 Å². The molecule has 6 heteroatoms. The number of rotatable bonds is 2. The van der Waals surface area contributed by atoms with Crippen molar-refractivity contribution in [1.82, 2.24) is 4.90 Å². The molecule has 1 aliphatic heterocycles. The van der Waals surface area contributed by atoms with Crippen LogP contribution < -0.4 is 0 Å². The van der Waals surface area contributed by atoms with Crippen LogP contribution in [0.3, 0.4) is 0 Å². The van der Waals surface area contributed by atoms with Crippen molar-refractivity contribution in [1.29, 1.82) is 0 Å². The van der Waals surface area contributed by atoms with E-state index in [4.69, 9.17) is 0 Å². The van der Waals surface area contributed by atoms with Crippen molar-refractivity contribution in [3.63, 3.8) is 0 Å². The van der Waals surface area contributed by atoms with Gasteiger partial charge in [0.1, 0.15) is 5.54 Å². The molecule has 0 unspecified atom stereocenters. The molecule has 1 aliphatic rings. The molecule has 3 N–H and O–H groups in total. The summed E-state index contributed by atoms with van der Waals surface area (Å²) in [5.41, 5.74) is -1.87. The van der Waals surface area contributed by atoms with Gasteiger partial charge in [0, 0.05) is 13.0 Å². The van der Waals surface area contributed by atoms with Crippen molar-refractivity contribution in [2.75, 3.05) is 6.54 Å². The fourth-order valence-electron chi connectivity index (χ4n) is 2.70. The zero-order valence-corrected chi connectivity index (χ0v) is 11.0. The van der Waals surface area contributed by atoms with Crippen LogP contribution in [0.1, 0.15) is 40.0 Å². The van der Waals surface area contributed by atoms with Crippen molar-refractivity contribution >= 4 is 12.1 Å². The molecule has 6 nitrogen and oxygen atoms in total. The average molecular weight is 259 g/mol.